The van der Waals surface area contributed by atoms with Crippen molar-refractivity contribution in [1.29, 1.82) is 0 Å². The number of carbonyl (C=O) groups is 2. The van der Waals surface area contributed by atoms with Crippen molar-refractivity contribution in [3.05, 3.63) is 78.5 Å². The van der Waals surface area contributed by atoms with E-state index in [1.807, 2.05) is 80.7 Å². The highest BCUT2D eigenvalue weighted by Crippen LogP contribution is 2.24. The predicted molar refractivity (Wildman–Crippen MR) is 119 cm³/mol. The molecule has 30 heavy (non-hydrogen) atoms. The number of para-hydroxylation sites is 1. The van der Waals surface area contributed by atoms with Crippen molar-refractivity contribution in [2.24, 2.45) is 0 Å². The van der Waals surface area contributed by atoms with Crippen LogP contribution in [0.2, 0.25) is 0 Å². The van der Waals surface area contributed by atoms with Gasteiger partial charge in [-0.3, -0.25) is 9.59 Å². The summed E-state index contributed by atoms with van der Waals surface area (Å²) in [6.45, 7) is 3.78. The van der Waals surface area contributed by atoms with E-state index in [1.54, 1.807) is 17.8 Å². The van der Waals surface area contributed by atoms with Gasteiger partial charge in [0.2, 0.25) is 11.8 Å². The van der Waals surface area contributed by atoms with E-state index in [0.29, 0.717) is 0 Å². The zero-order valence-corrected chi connectivity index (χ0v) is 17.4. The average Bonchev–Trinajstić information content (AvgIpc) is 3.17. The van der Waals surface area contributed by atoms with Crippen molar-refractivity contribution in [2.45, 2.75) is 19.9 Å². The monoisotopic (exact) mass is 402 g/mol. The van der Waals surface area contributed by atoms with Crippen molar-refractivity contribution in [3.8, 4) is 16.9 Å². The summed E-state index contributed by atoms with van der Waals surface area (Å²) in [5.41, 5.74) is 3.49. The van der Waals surface area contributed by atoms with E-state index in [0.717, 1.165) is 22.5 Å². The molecule has 0 aliphatic rings. The van der Waals surface area contributed by atoms with E-state index in [4.69, 9.17) is 5.10 Å². The molecule has 6 nitrogen and oxygen atoms in total. The molecule has 0 fully saturated rings. The Bertz CT molecular complexity index is 1020. The maximum atomic E-state index is 12.5. The van der Waals surface area contributed by atoms with Gasteiger partial charge in [-0.05, 0) is 32.1 Å². The lowest BCUT2D eigenvalue weighted by atomic mass is 10.1. The molecule has 0 radical (unpaired) electrons. The molecule has 1 aromatic heterocycles. The maximum Gasteiger partial charge on any atom is 0.246 e. The fourth-order valence-corrected chi connectivity index (χ4v) is 2.99. The summed E-state index contributed by atoms with van der Waals surface area (Å²) in [6.07, 6.45) is 5.11. The minimum Gasteiger partial charge on any atom is -0.352 e. The maximum absolute atomic E-state index is 12.5. The summed E-state index contributed by atoms with van der Waals surface area (Å²) in [5.74, 6) is -0.434. The van der Waals surface area contributed by atoms with E-state index in [1.165, 1.54) is 11.0 Å². The number of nitrogens with one attached hydrogen (secondary N) is 1. The standard InChI is InChI=1S/C24H26N4O2/c1-18(2)25-22(29)17-27(3)23(30)15-14-20-16-28(21-12-8-5-9-13-21)26-24(20)19-10-6-4-7-11-19/h4-16,18H,17H2,1-3H3,(H,25,29)/b15-14+. The molecule has 0 bridgehead atoms. The smallest absolute Gasteiger partial charge is 0.246 e. The lowest BCUT2D eigenvalue weighted by molar-refractivity contribution is -0.131. The van der Waals surface area contributed by atoms with Crippen LogP contribution in [0.5, 0.6) is 0 Å². The van der Waals surface area contributed by atoms with E-state index in [-0.39, 0.29) is 24.4 Å². The first-order chi connectivity index (χ1) is 14.4. The van der Waals surface area contributed by atoms with Crippen LogP contribution < -0.4 is 5.32 Å². The summed E-state index contributed by atoms with van der Waals surface area (Å²) < 4.78 is 1.80. The SMILES string of the molecule is CC(C)NC(=O)CN(C)C(=O)/C=C/c1cn(-c2ccccc2)nc1-c1ccccc1. The number of nitrogens with zero attached hydrogens (tertiary/aromatic N) is 3. The highest BCUT2D eigenvalue weighted by Gasteiger charge is 2.13. The van der Waals surface area contributed by atoms with Crippen molar-refractivity contribution < 1.29 is 9.59 Å². The van der Waals surface area contributed by atoms with Gasteiger partial charge in [-0.15, -0.1) is 0 Å². The summed E-state index contributed by atoms with van der Waals surface area (Å²) in [4.78, 5) is 25.8. The molecule has 1 heterocycles. The van der Waals surface area contributed by atoms with E-state index in [9.17, 15) is 9.59 Å². The van der Waals surface area contributed by atoms with Gasteiger partial charge in [0.15, 0.2) is 0 Å². The molecule has 1 N–H and O–H groups in total. The first-order valence-electron chi connectivity index (χ1n) is 9.87. The Kier molecular flexibility index (Phi) is 6.80. The molecule has 3 rings (SSSR count). The van der Waals surface area contributed by atoms with Crippen LogP contribution in [-0.2, 0) is 9.59 Å². The van der Waals surface area contributed by atoms with Gasteiger partial charge < -0.3 is 10.2 Å². The van der Waals surface area contributed by atoms with Gasteiger partial charge in [0.25, 0.3) is 0 Å². The Labute approximate surface area is 176 Å². The number of hydrogen-bond donors (Lipinski definition) is 1. The van der Waals surface area contributed by atoms with Crippen molar-refractivity contribution in [2.75, 3.05) is 13.6 Å². The number of likely N-dealkylation sites (N-methyl/N-ethyl adjacent to an activating group) is 1. The number of amides is 2. The van der Waals surface area contributed by atoms with Gasteiger partial charge in [0, 0.05) is 36.5 Å². The number of hydrogen-bond acceptors (Lipinski definition) is 3. The molecule has 0 unspecified atom stereocenters. The number of carbonyl (C=O) groups excluding carboxylic acids is 2. The van der Waals surface area contributed by atoms with Gasteiger partial charge in [0.05, 0.1) is 17.9 Å². The average molecular weight is 402 g/mol. The second-order valence-corrected chi connectivity index (χ2v) is 7.33. The minimum atomic E-state index is -0.250. The predicted octanol–water partition coefficient (Wildman–Crippen LogP) is 3.54. The van der Waals surface area contributed by atoms with Crippen molar-refractivity contribution in [1.82, 2.24) is 20.0 Å². The topological polar surface area (TPSA) is 67.2 Å². The van der Waals surface area contributed by atoms with Gasteiger partial charge in [0.1, 0.15) is 0 Å². The van der Waals surface area contributed by atoms with Crippen LogP contribution in [-0.4, -0.2) is 46.1 Å². The molecule has 0 spiro atoms. The third-order valence-corrected chi connectivity index (χ3v) is 4.42. The Morgan fingerprint density at radius 2 is 1.70 bits per heavy atom. The summed E-state index contributed by atoms with van der Waals surface area (Å²) >= 11 is 0. The molecule has 2 aromatic carbocycles. The van der Waals surface area contributed by atoms with Gasteiger partial charge >= 0.3 is 0 Å². The molecule has 6 heteroatoms. The summed E-state index contributed by atoms with van der Waals surface area (Å²) in [5, 5.41) is 7.52. The summed E-state index contributed by atoms with van der Waals surface area (Å²) in [6, 6.07) is 19.7. The van der Waals surface area contributed by atoms with Crippen LogP contribution in [0, 0.1) is 0 Å². The Balaban J connectivity index is 1.84. The molecule has 2 amide bonds. The third kappa shape index (κ3) is 5.44. The third-order valence-electron chi connectivity index (χ3n) is 4.42. The molecule has 154 valence electrons. The first kappa shape index (κ1) is 21.0. The van der Waals surface area contributed by atoms with Gasteiger partial charge in [-0.1, -0.05) is 48.5 Å². The Morgan fingerprint density at radius 1 is 1.07 bits per heavy atom. The van der Waals surface area contributed by atoms with Crippen molar-refractivity contribution >= 4 is 17.9 Å². The van der Waals surface area contributed by atoms with E-state index < -0.39 is 0 Å². The lowest BCUT2D eigenvalue weighted by Crippen LogP contribution is -2.40. The number of aromatic nitrogens is 2. The van der Waals surface area contributed by atoms with E-state index in [2.05, 4.69) is 5.32 Å². The van der Waals surface area contributed by atoms with Crippen LogP contribution in [0.3, 0.4) is 0 Å². The second-order valence-electron chi connectivity index (χ2n) is 7.33. The van der Waals surface area contributed by atoms with Gasteiger partial charge in [-0.25, -0.2) is 4.68 Å². The Hall–Kier alpha value is -3.67. The van der Waals surface area contributed by atoms with Crippen LogP contribution in [0.4, 0.5) is 0 Å². The second kappa shape index (κ2) is 9.69. The largest absolute Gasteiger partial charge is 0.352 e. The van der Waals surface area contributed by atoms with Crippen LogP contribution in [0.25, 0.3) is 23.0 Å². The zero-order valence-electron chi connectivity index (χ0n) is 17.4. The molecule has 3 aromatic rings. The van der Waals surface area contributed by atoms with Crippen LogP contribution >= 0.6 is 0 Å². The molecule has 0 atom stereocenters. The Morgan fingerprint density at radius 3 is 2.33 bits per heavy atom. The summed E-state index contributed by atoms with van der Waals surface area (Å²) in [7, 11) is 1.61. The number of benzene rings is 2. The molecule has 0 saturated carbocycles. The molecule has 0 saturated heterocycles. The quantitative estimate of drug-likeness (QED) is 0.615. The number of rotatable bonds is 7. The van der Waals surface area contributed by atoms with Crippen LogP contribution in [0.1, 0.15) is 19.4 Å². The fourth-order valence-electron chi connectivity index (χ4n) is 2.99. The van der Waals surface area contributed by atoms with E-state index >= 15 is 0 Å². The highest BCUT2D eigenvalue weighted by molar-refractivity contribution is 5.95. The minimum absolute atomic E-state index is 0.0101. The molecule has 0 aliphatic carbocycles. The fraction of sp³-hybridized carbons (Fsp3) is 0.208. The van der Waals surface area contributed by atoms with Gasteiger partial charge in [-0.2, -0.15) is 5.10 Å². The first-order valence-corrected chi connectivity index (χ1v) is 9.87. The molecular formula is C24H26N4O2. The zero-order chi connectivity index (χ0) is 21.5. The van der Waals surface area contributed by atoms with Crippen LogP contribution in [0.15, 0.2) is 72.9 Å². The normalized spacial score (nSPS) is 11.1. The molecule has 0 aliphatic heterocycles. The lowest BCUT2D eigenvalue weighted by Gasteiger charge is -2.16. The highest BCUT2D eigenvalue weighted by atomic mass is 16.2. The molecular weight excluding hydrogens is 376 g/mol. The van der Waals surface area contributed by atoms with Crippen molar-refractivity contribution in [3.63, 3.8) is 0 Å².